The Balaban J connectivity index is 1.73. The lowest BCUT2D eigenvalue weighted by molar-refractivity contribution is 0.00695. The summed E-state index contributed by atoms with van der Waals surface area (Å²) < 4.78 is 31.3. The lowest BCUT2D eigenvalue weighted by atomic mass is 9.96. The van der Waals surface area contributed by atoms with Gasteiger partial charge in [0.15, 0.2) is 11.5 Å². The van der Waals surface area contributed by atoms with Gasteiger partial charge in [-0.1, -0.05) is 18.2 Å². The number of rotatable bonds is 8. The number of carbonyl (C=O) groups is 1. The van der Waals surface area contributed by atoms with Crippen molar-refractivity contribution >= 4 is 17.3 Å². The van der Waals surface area contributed by atoms with Crippen LogP contribution in [-0.2, 0) is 11.3 Å². The minimum Gasteiger partial charge on any atom is -0.493 e. The maximum atomic E-state index is 14.0. The lowest BCUT2D eigenvalue weighted by Gasteiger charge is -2.29. The van der Waals surface area contributed by atoms with Crippen LogP contribution < -0.4 is 14.4 Å². The van der Waals surface area contributed by atoms with Gasteiger partial charge in [-0.25, -0.2) is 9.18 Å². The molecular weight excluding hydrogens is 445 g/mol. The SMILES string of the molecule is COc1ccc(N(Cc2cccc(F)c2)c2cccc(C(=O)OC(C)(C)C)c2)cc1OC1CCC1. The molecule has 1 fully saturated rings. The summed E-state index contributed by atoms with van der Waals surface area (Å²) in [5, 5.41) is 0. The summed E-state index contributed by atoms with van der Waals surface area (Å²) in [5.74, 6) is 0.638. The second-order valence-electron chi connectivity index (χ2n) is 9.77. The van der Waals surface area contributed by atoms with E-state index in [4.69, 9.17) is 14.2 Å². The van der Waals surface area contributed by atoms with E-state index < -0.39 is 11.6 Å². The van der Waals surface area contributed by atoms with Gasteiger partial charge >= 0.3 is 5.97 Å². The van der Waals surface area contributed by atoms with E-state index in [1.54, 1.807) is 25.3 Å². The van der Waals surface area contributed by atoms with Crippen LogP contribution in [0.15, 0.2) is 66.7 Å². The van der Waals surface area contributed by atoms with Crippen molar-refractivity contribution in [2.45, 2.75) is 58.3 Å². The van der Waals surface area contributed by atoms with E-state index in [9.17, 15) is 9.18 Å². The van der Waals surface area contributed by atoms with Crippen LogP contribution in [-0.4, -0.2) is 24.8 Å². The summed E-state index contributed by atoms with van der Waals surface area (Å²) in [6.45, 7) is 5.91. The summed E-state index contributed by atoms with van der Waals surface area (Å²) in [4.78, 5) is 14.8. The molecule has 1 aliphatic carbocycles. The molecule has 6 heteroatoms. The molecule has 0 aliphatic heterocycles. The number of halogens is 1. The van der Waals surface area contributed by atoms with Crippen LogP contribution in [0.5, 0.6) is 11.5 Å². The molecule has 0 N–H and O–H groups in total. The van der Waals surface area contributed by atoms with E-state index >= 15 is 0 Å². The van der Waals surface area contributed by atoms with E-state index in [1.165, 1.54) is 12.1 Å². The number of methoxy groups -OCH3 is 1. The number of ether oxygens (including phenoxy) is 3. The van der Waals surface area contributed by atoms with Gasteiger partial charge in [-0.2, -0.15) is 0 Å². The topological polar surface area (TPSA) is 48.0 Å². The molecule has 35 heavy (non-hydrogen) atoms. The first-order valence-electron chi connectivity index (χ1n) is 11.9. The number of anilines is 2. The van der Waals surface area contributed by atoms with Gasteiger partial charge in [0.05, 0.1) is 18.8 Å². The second kappa shape index (κ2) is 10.4. The van der Waals surface area contributed by atoms with Crippen LogP contribution in [0, 0.1) is 5.82 Å². The molecule has 4 rings (SSSR count). The van der Waals surface area contributed by atoms with Crippen molar-refractivity contribution in [2.75, 3.05) is 12.0 Å². The molecular formula is C29H32FNO4. The summed E-state index contributed by atoms with van der Waals surface area (Å²) in [5.41, 5.74) is 2.26. The monoisotopic (exact) mass is 477 g/mol. The zero-order valence-corrected chi connectivity index (χ0v) is 20.7. The number of benzene rings is 3. The van der Waals surface area contributed by atoms with Gasteiger partial charge in [0.25, 0.3) is 0 Å². The van der Waals surface area contributed by atoms with Crippen LogP contribution in [0.1, 0.15) is 56.0 Å². The molecule has 0 atom stereocenters. The quantitative estimate of drug-likeness (QED) is 0.325. The molecule has 0 spiro atoms. The molecule has 0 aromatic heterocycles. The first-order chi connectivity index (χ1) is 16.7. The predicted molar refractivity (Wildman–Crippen MR) is 135 cm³/mol. The number of nitrogens with zero attached hydrogens (tertiary/aromatic N) is 1. The Morgan fingerprint density at radius 3 is 2.37 bits per heavy atom. The van der Waals surface area contributed by atoms with Crippen LogP contribution >= 0.6 is 0 Å². The third-order valence-electron chi connectivity index (χ3n) is 5.83. The number of hydrogen-bond acceptors (Lipinski definition) is 5. The molecule has 0 amide bonds. The van der Waals surface area contributed by atoms with Crippen molar-refractivity contribution in [3.8, 4) is 11.5 Å². The minimum absolute atomic E-state index is 0.186. The molecule has 3 aromatic rings. The van der Waals surface area contributed by atoms with Crippen LogP contribution in [0.4, 0.5) is 15.8 Å². The Kier molecular flexibility index (Phi) is 7.29. The number of esters is 1. The molecule has 0 radical (unpaired) electrons. The average Bonchev–Trinajstić information content (AvgIpc) is 2.79. The third kappa shape index (κ3) is 6.32. The van der Waals surface area contributed by atoms with Crippen molar-refractivity contribution in [1.29, 1.82) is 0 Å². The Morgan fingerprint density at radius 2 is 1.71 bits per heavy atom. The highest BCUT2D eigenvalue weighted by Crippen LogP contribution is 2.38. The van der Waals surface area contributed by atoms with Crippen molar-refractivity contribution < 1.29 is 23.4 Å². The molecule has 0 bridgehead atoms. The highest BCUT2D eigenvalue weighted by molar-refractivity contribution is 5.91. The molecule has 184 valence electrons. The standard InChI is InChI=1S/C29H32FNO4/c1-29(2,3)35-28(32)21-9-6-11-23(17-21)31(19-20-8-5-10-22(30)16-20)24-14-15-26(33-4)27(18-24)34-25-12-7-13-25/h5-6,8-11,14-18,25H,7,12-13,19H2,1-4H3. The summed E-state index contributed by atoms with van der Waals surface area (Å²) in [7, 11) is 1.62. The predicted octanol–water partition coefficient (Wildman–Crippen LogP) is 7.06. The zero-order valence-electron chi connectivity index (χ0n) is 20.7. The van der Waals surface area contributed by atoms with Gasteiger partial charge in [0.1, 0.15) is 11.4 Å². The average molecular weight is 478 g/mol. The van der Waals surface area contributed by atoms with Gasteiger partial charge in [-0.15, -0.1) is 0 Å². The van der Waals surface area contributed by atoms with Gasteiger partial charge in [0, 0.05) is 24.0 Å². The van der Waals surface area contributed by atoms with E-state index in [-0.39, 0.29) is 11.9 Å². The molecule has 0 saturated heterocycles. The van der Waals surface area contributed by atoms with Gasteiger partial charge in [-0.3, -0.25) is 0 Å². The van der Waals surface area contributed by atoms with Crippen LogP contribution in [0.25, 0.3) is 0 Å². The van der Waals surface area contributed by atoms with E-state index in [1.807, 2.05) is 62.1 Å². The van der Waals surface area contributed by atoms with Gasteiger partial charge in [-0.05, 0) is 88.1 Å². The number of carbonyl (C=O) groups excluding carboxylic acids is 1. The van der Waals surface area contributed by atoms with E-state index in [2.05, 4.69) is 0 Å². The van der Waals surface area contributed by atoms with Gasteiger partial charge < -0.3 is 19.1 Å². The van der Waals surface area contributed by atoms with E-state index in [0.29, 0.717) is 23.6 Å². The molecule has 1 aliphatic rings. The fourth-order valence-electron chi connectivity index (χ4n) is 3.88. The Morgan fingerprint density at radius 1 is 0.971 bits per heavy atom. The third-order valence-corrected chi connectivity index (χ3v) is 5.83. The smallest absolute Gasteiger partial charge is 0.338 e. The highest BCUT2D eigenvalue weighted by Gasteiger charge is 2.23. The fraction of sp³-hybridized carbons (Fsp3) is 0.345. The summed E-state index contributed by atoms with van der Waals surface area (Å²) in [6.07, 6.45) is 3.40. The van der Waals surface area contributed by atoms with Crippen molar-refractivity contribution in [2.24, 2.45) is 0 Å². The second-order valence-corrected chi connectivity index (χ2v) is 9.77. The molecule has 3 aromatic carbocycles. The van der Waals surface area contributed by atoms with Crippen molar-refractivity contribution in [3.05, 3.63) is 83.7 Å². The van der Waals surface area contributed by atoms with Crippen molar-refractivity contribution in [1.82, 2.24) is 0 Å². The zero-order chi connectivity index (χ0) is 25.0. The Bertz CT molecular complexity index is 1180. The maximum Gasteiger partial charge on any atom is 0.338 e. The lowest BCUT2D eigenvalue weighted by Crippen LogP contribution is -2.25. The maximum absolute atomic E-state index is 14.0. The first kappa shape index (κ1) is 24.6. The van der Waals surface area contributed by atoms with Crippen molar-refractivity contribution in [3.63, 3.8) is 0 Å². The number of hydrogen-bond donors (Lipinski definition) is 0. The Labute approximate surface area is 206 Å². The van der Waals surface area contributed by atoms with E-state index in [0.717, 1.165) is 36.2 Å². The largest absolute Gasteiger partial charge is 0.493 e. The summed E-state index contributed by atoms with van der Waals surface area (Å²) in [6, 6.07) is 19.5. The normalized spacial score (nSPS) is 13.6. The Hall–Kier alpha value is -3.54. The summed E-state index contributed by atoms with van der Waals surface area (Å²) >= 11 is 0. The fourth-order valence-corrected chi connectivity index (χ4v) is 3.88. The van der Waals surface area contributed by atoms with Gasteiger partial charge in [0.2, 0.25) is 0 Å². The molecule has 0 heterocycles. The minimum atomic E-state index is -0.599. The van der Waals surface area contributed by atoms with Crippen LogP contribution in [0.2, 0.25) is 0 Å². The molecule has 0 unspecified atom stereocenters. The molecule has 5 nitrogen and oxygen atoms in total. The molecule has 1 saturated carbocycles. The highest BCUT2D eigenvalue weighted by atomic mass is 19.1. The first-order valence-corrected chi connectivity index (χ1v) is 11.9. The van der Waals surface area contributed by atoms with Crippen LogP contribution in [0.3, 0.4) is 0 Å².